The van der Waals surface area contributed by atoms with Gasteiger partial charge in [0.25, 0.3) is 0 Å². The van der Waals surface area contributed by atoms with E-state index in [0.29, 0.717) is 22.3 Å². The monoisotopic (exact) mass is 647 g/mol. The zero-order valence-corrected chi connectivity index (χ0v) is 25.0. The Balaban J connectivity index is 1.70. The van der Waals surface area contributed by atoms with Gasteiger partial charge in [-0.2, -0.15) is 13.1 Å². The van der Waals surface area contributed by atoms with Gasteiger partial charge in [-0.05, 0) is 52.1 Å². The van der Waals surface area contributed by atoms with E-state index in [1.165, 1.54) is 43.5 Å². The molecule has 43 heavy (non-hydrogen) atoms. The lowest BCUT2D eigenvalue weighted by Crippen LogP contribution is -2.30. The molecule has 13 heteroatoms. The van der Waals surface area contributed by atoms with Crippen molar-refractivity contribution in [2.45, 2.75) is 30.3 Å². The van der Waals surface area contributed by atoms with Gasteiger partial charge in [-0.15, -0.1) is 0 Å². The van der Waals surface area contributed by atoms with E-state index >= 15 is 0 Å². The Hall–Kier alpha value is -3.73. The quantitative estimate of drug-likeness (QED) is 0.160. The second-order valence-electron chi connectivity index (χ2n) is 9.40. The molecule has 0 saturated carbocycles. The fraction of sp³-hybridized carbons (Fsp3) is 0.167. The Morgan fingerprint density at radius 2 is 1.58 bits per heavy atom. The number of aromatic carboxylic acids is 1. The Morgan fingerprint density at radius 3 is 2.19 bits per heavy atom. The molecule has 4 aromatic carbocycles. The molecule has 224 valence electrons. The Morgan fingerprint density at radius 1 is 0.953 bits per heavy atom. The first kappa shape index (κ1) is 32.2. The molecule has 4 aromatic rings. The number of halogens is 3. The van der Waals surface area contributed by atoms with Crippen LogP contribution in [0.25, 0.3) is 11.1 Å². The minimum Gasteiger partial charge on any atom is -0.495 e. The number of nitrogens with zero attached hydrogens (tertiary/aromatic N) is 1. The first-order valence-electron chi connectivity index (χ1n) is 12.6. The SMILES string of the molecule is COc1ccccc1S(=O)(=O)N(Cc1ccc(-c2ccc(CO)c(C(=O)O)c2)cc1)Cc1ccc(C(F)(F)P=O)c(Cl)c1. The first-order chi connectivity index (χ1) is 20.4. The highest BCUT2D eigenvalue weighted by molar-refractivity contribution is 7.89. The number of aliphatic hydroxyl groups is 1. The second-order valence-corrected chi connectivity index (χ2v) is 12.5. The lowest BCUT2D eigenvalue weighted by Gasteiger charge is -2.24. The zero-order valence-electron chi connectivity index (χ0n) is 22.6. The summed E-state index contributed by atoms with van der Waals surface area (Å²) in [6, 6.07) is 21.0. The smallest absolute Gasteiger partial charge is 0.351 e. The summed E-state index contributed by atoms with van der Waals surface area (Å²) in [5.74, 6) is -1.06. The number of carbonyl (C=O) groups is 1. The van der Waals surface area contributed by atoms with Gasteiger partial charge in [-0.3, -0.25) is 4.57 Å². The first-order valence-corrected chi connectivity index (χ1v) is 15.2. The van der Waals surface area contributed by atoms with Crippen LogP contribution in [0.5, 0.6) is 5.75 Å². The maximum absolute atomic E-state index is 14.0. The minimum atomic E-state index is -4.20. The van der Waals surface area contributed by atoms with Crippen LogP contribution in [0.2, 0.25) is 5.02 Å². The normalized spacial score (nSPS) is 12.0. The number of rotatable bonds is 12. The predicted octanol–water partition coefficient (Wildman–Crippen LogP) is 6.94. The van der Waals surface area contributed by atoms with E-state index in [0.717, 1.165) is 10.4 Å². The highest BCUT2D eigenvalue weighted by Crippen LogP contribution is 2.42. The largest absolute Gasteiger partial charge is 0.495 e. The summed E-state index contributed by atoms with van der Waals surface area (Å²) in [5, 5.41) is 18.6. The van der Waals surface area contributed by atoms with Crippen molar-refractivity contribution in [1.82, 2.24) is 4.31 Å². The van der Waals surface area contributed by atoms with Crippen molar-refractivity contribution in [3.8, 4) is 16.9 Å². The van der Waals surface area contributed by atoms with Crippen molar-refractivity contribution in [3.05, 3.63) is 118 Å². The third-order valence-electron chi connectivity index (χ3n) is 6.67. The molecule has 0 fully saturated rings. The van der Waals surface area contributed by atoms with E-state index in [4.69, 9.17) is 16.3 Å². The summed E-state index contributed by atoms with van der Waals surface area (Å²) < 4.78 is 73.2. The second kappa shape index (κ2) is 13.3. The van der Waals surface area contributed by atoms with E-state index in [-0.39, 0.29) is 39.9 Å². The minimum absolute atomic E-state index is 0.0321. The summed E-state index contributed by atoms with van der Waals surface area (Å²) in [7, 11) is -4.28. The number of ether oxygens (including phenoxy) is 1. The summed E-state index contributed by atoms with van der Waals surface area (Å²) in [6.45, 7) is -0.793. The third-order valence-corrected chi connectivity index (χ3v) is 9.29. The lowest BCUT2D eigenvalue weighted by atomic mass is 9.98. The highest BCUT2D eigenvalue weighted by atomic mass is 35.5. The average Bonchev–Trinajstić information content (AvgIpc) is 3.00. The summed E-state index contributed by atoms with van der Waals surface area (Å²) in [6.07, 6.45) is 0. The number of hydrogen-bond acceptors (Lipinski definition) is 6. The van der Waals surface area contributed by atoms with Gasteiger partial charge in [0.05, 0.1) is 29.9 Å². The van der Waals surface area contributed by atoms with Crippen LogP contribution < -0.4 is 4.74 Å². The number of alkyl halides is 2. The van der Waals surface area contributed by atoms with E-state index in [1.54, 1.807) is 42.5 Å². The standard InChI is InChI=1S/C30H25ClF2NO7PS/c1-41-27-4-2-3-5-28(27)43(39,40)34(17-20-8-13-25(26(31)14-20)30(32,33)42-38)16-19-6-9-21(10-7-19)22-11-12-23(18-35)24(15-22)29(36)37/h2-15,35H,16-18H2,1H3,(H,36,37). The van der Waals surface area contributed by atoms with Gasteiger partial charge in [0.15, 0.2) is 0 Å². The van der Waals surface area contributed by atoms with Crippen molar-refractivity contribution in [2.75, 3.05) is 7.11 Å². The van der Waals surface area contributed by atoms with Crippen LogP contribution in [0, 0.1) is 0 Å². The molecule has 0 unspecified atom stereocenters. The number of methoxy groups -OCH3 is 1. The fourth-order valence-corrected chi connectivity index (χ4v) is 6.70. The number of hydrogen-bond donors (Lipinski definition) is 2. The molecule has 0 atom stereocenters. The molecule has 0 aliphatic heterocycles. The zero-order chi connectivity index (χ0) is 31.4. The number of carboxylic acids is 1. The maximum atomic E-state index is 14.0. The van der Waals surface area contributed by atoms with Gasteiger partial charge in [0.1, 0.15) is 10.6 Å². The van der Waals surface area contributed by atoms with Crippen LogP contribution in [0.1, 0.15) is 32.6 Å². The Labute approximate surface area is 253 Å². The number of para-hydroxylation sites is 1. The van der Waals surface area contributed by atoms with E-state index in [9.17, 15) is 36.8 Å². The van der Waals surface area contributed by atoms with Crippen LogP contribution in [-0.2, 0) is 39.9 Å². The summed E-state index contributed by atoms with van der Waals surface area (Å²) in [4.78, 5) is 11.5. The molecule has 4 rings (SSSR count). The molecule has 0 bridgehead atoms. The van der Waals surface area contributed by atoms with Crippen molar-refractivity contribution in [3.63, 3.8) is 0 Å². The van der Waals surface area contributed by atoms with E-state index in [1.807, 2.05) is 0 Å². The fourth-order valence-electron chi connectivity index (χ4n) is 4.45. The van der Waals surface area contributed by atoms with Crippen LogP contribution in [0.4, 0.5) is 8.78 Å². The molecule has 2 N–H and O–H groups in total. The van der Waals surface area contributed by atoms with Crippen LogP contribution in [0.15, 0.2) is 89.8 Å². The number of sulfonamides is 1. The van der Waals surface area contributed by atoms with Crippen molar-refractivity contribution in [1.29, 1.82) is 0 Å². The van der Waals surface area contributed by atoms with Crippen molar-refractivity contribution >= 4 is 36.1 Å². The summed E-state index contributed by atoms with van der Waals surface area (Å²) in [5.41, 5.74) is -1.98. The van der Waals surface area contributed by atoms with Crippen LogP contribution in [-0.4, -0.2) is 36.0 Å². The van der Waals surface area contributed by atoms with Crippen molar-refractivity contribution < 1.29 is 41.5 Å². The van der Waals surface area contributed by atoms with Crippen molar-refractivity contribution in [2.24, 2.45) is 0 Å². The topological polar surface area (TPSA) is 121 Å². The van der Waals surface area contributed by atoms with Gasteiger partial charge >= 0.3 is 11.6 Å². The third kappa shape index (κ3) is 7.09. The number of benzene rings is 4. The molecule has 0 radical (unpaired) electrons. The van der Waals surface area contributed by atoms with Gasteiger partial charge < -0.3 is 14.9 Å². The van der Waals surface area contributed by atoms with E-state index < -0.39 is 42.3 Å². The molecule has 0 aliphatic carbocycles. The van der Waals surface area contributed by atoms with Crippen LogP contribution >= 0.6 is 20.1 Å². The average molecular weight is 648 g/mol. The molecule has 0 aliphatic rings. The van der Waals surface area contributed by atoms with E-state index in [2.05, 4.69) is 0 Å². The Kier molecular flexibility index (Phi) is 9.94. The molecule has 0 saturated heterocycles. The van der Waals surface area contributed by atoms with Gasteiger partial charge in [-0.25, -0.2) is 13.2 Å². The molecule has 0 amide bonds. The molecule has 8 nitrogen and oxygen atoms in total. The molecular formula is C30H25ClF2NO7PS. The predicted molar refractivity (Wildman–Crippen MR) is 157 cm³/mol. The van der Waals surface area contributed by atoms with Gasteiger partial charge in [0, 0.05) is 13.1 Å². The number of aliphatic hydroxyl groups excluding tert-OH is 1. The molecule has 0 heterocycles. The van der Waals surface area contributed by atoms with Gasteiger partial charge in [-0.1, -0.05) is 72.3 Å². The Bertz CT molecular complexity index is 1770. The lowest BCUT2D eigenvalue weighted by molar-refractivity contribution is 0.0693. The molecule has 0 aromatic heterocycles. The highest BCUT2D eigenvalue weighted by Gasteiger charge is 2.35. The summed E-state index contributed by atoms with van der Waals surface area (Å²) >= 11 is 6.08. The molecule has 0 spiro atoms. The maximum Gasteiger partial charge on any atom is 0.351 e. The molecular weight excluding hydrogens is 623 g/mol. The van der Waals surface area contributed by atoms with Gasteiger partial charge in [0.2, 0.25) is 18.5 Å². The van der Waals surface area contributed by atoms with Crippen LogP contribution in [0.3, 0.4) is 0 Å². The number of carboxylic acid groups (broad SMARTS) is 1.